The molecule has 0 nitrogen and oxygen atoms in total. The lowest BCUT2D eigenvalue weighted by molar-refractivity contribution is 0.324. The van der Waals surface area contributed by atoms with Crippen LogP contribution in [0.1, 0.15) is 117 Å². The first kappa shape index (κ1) is 24.6. The quantitative estimate of drug-likeness (QED) is 0.392. The Labute approximate surface area is 214 Å². The maximum Gasteiger partial charge on any atom is 0.0196 e. The molecule has 0 heterocycles. The Kier molecular flexibility index (Phi) is 5.25. The second-order valence-electron chi connectivity index (χ2n) is 15.1. The first-order valence-electron chi connectivity index (χ1n) is 13.8. The summed E-state index contributed by atoms with van der Waals surface area (Å²) in [4.78, 5) is 0. The van der Waals surface area contributed by atoms with E-state index in [-0.39, 0.29) is 21.7 Å². The third-order valence-electron chi connectivity index (χ3n) is 9.34. The van der Waals surface area contributed by atoms with Gasteiger partial charge in [0.2, 0.25) is 0 Å². The Bertz CT molecular complexity index is 1200. The van der Waals surface area contributed by atoms with Gasteiger partial charge < -0.3 is 0 Å². The molecule has 0 N–H and O–H groups in total. The summed E-state index contributed by atoms with van der Waals surface area (Å²) in [6, 6.07) is 14.8. The third-order valence-corrected chi connectivity index (χ3v) is 9.34. The summed E-state index contributed by atoms with van der Waals surface area (Å²) >= 11 is 0. The number of benzene rings is 2. The van der Waals surface area contributed by atoms with Gasteiger partial charge in [0.25, 0.3) is 0 Å². The van der Waals surface area contributed by atoms with Gasteiger partial charge in [-0.3, -0.25) is 0 Å². The van der Waals surface area contributed by atoms with Crippen molar-refractivity contribution in [1.29, 1.82) is 0 Å². The fourth-order valence-corrected chi connectivity index (χ4v) is 7.08. The van der Waals surface area contributed by atoms with Crippen molar-refractivity contribution in [3.8, 4) is 11.1 Å². The Morgan fingerprint density at radius 3 is 1.63 bits per heavy atom. The van der Waals surface area contributed by atoms with Crippen LogP contribution in [0.4, 0.5) is 0 Å². The van der Waals surface area contributed by atoms with E-state index in [1.807, 2.05) is 0 Å². The van der Waals surface area contributed by atoms with Crippen LogP contribution in [0.5, 0.6) is 0 Å². The maximum absolute atomic E-state index is 2.61. The average Bonchev–Trinajstić information content (AvgIpc) is 3.37. The van der Waals surface area contributed by atoms with Crippen molar-refractivity contribution in [1.82, 2.24) is 0 Å². The van der Waals surface area contributed by atoms with Crippen molar-refractivity contribution in [2.24, 2.45) is 16.7 Å². The summed E-state index contributed by atoms with van der Waals surface area (Å²) in [7, 11) is 0. The second kappa shape index (κ2) is 7.47. The first-order chi connectivity index (χ1) is 16.0. The third kappa shape index (κ3) is 3.78. The molecule has 2 atom stereocenters. The van der Waals surface area contributed by atoms with Gasteiger partial charge >= 0.3 is 0 Å². The molecule has 0 fully saturated rings. The molecule has 2 aromatic rings. The number of allylic oxidation sites excluding steroid dienone is 4. The molecule has 0 saturated carbocycles. The zero-order valence-corrected chi connectivity index (χ0v) is 24.1. The number of hydrogen-bond acceptors (Lipinski definition) is 0. The van der Waals surface area contributed by atoms with E-state index < -0.39 is 0 Å². The van der Waals surface area contributed by atoms with Crippen molar-refractivity contribution in [2.45, 2.75) is 106 Å². The highest BCUT2D eigenvalue weighted by Gasteiger charge is 2.51. The number of hydrogen-bond donors (Lipinski definition) is 0. The summed E-state index contributed by atoms with van der Waals surface area (Å²) in [5.41, 5.74) is 14.5. The predicted octanol–water partition coefficient (Wildman–Crippen LogP) is 10.1. The maximum atomic E-state index is 2.61. The van der Waals surface area contributed by atoms with Crippen LogP contribution in [0.2, 0.25) is 0 Å². The zero-order chi connectivity index (χ0) is 25.7. The Morgan fingerprint density at radius 1 is 0.714 bits per heavy atom. The number of fused-ring (bicyclic) bond motifs is 3. The van der Waals surface area contributed by atoms with E-state index in [1.165, 1.54) is 35.1 Å². The fourth-order valence-electron chi connectivity index (χ4n) is 7.08. The highest BCUT2D eigenvalue weighted by Crippen LogP contribution is 2.64. The summed E-state index contributed by atoms with van der Waals surface area (Å²) in [6.45, 7) is 26.2. The number of rotatable bonds is 1. The standard InChI is InChI=1S/C35H46/c1-21-20-35(11,30-19-24(18-27(21)30)34(8,9)10)31-25-14-12-22(32(2,3)4)16-28(25)29-17-23(33(5,6)7)13-15-26(29)31/h12-17,19,21,31H,18,20H2,1-11H3. The molecule has 0 heteroatoms. The van der Waals surface area contributed by atoms with Crippen LogP contribution in [-0.4, -0.2) is 0 Å². The minimum Gasteiger partial charge on any atom is -0.0605 e. The normalized spacial score (nSPS) is 24.5. The SMILES string of the molecule is CC1CC(C)(C2c3ccc(C(C)(C)C)cc3-c3cc(C(C)(C)C)ccc32)C2=C1CC(C(C)(C)C)=C2. The Morgan fingerprint density at radius 2 is 1.20 bits per heavy atom. The van der Waals surface area contributed by atoms with E-state index in [4.69, 9.17) is 0 Å². The average molecular weight is 467 g/mol. The van der Waals surface area contributed by atoms with Crippen LogP contribution < -0.4 is 0 Å². The molecule has 0 aromatic heterocycles. The molecular weight excluding hydrogens is 420 g/mol. The molecule has 2 unspecified atom stereocenters. The summed E-state index contributed by atoms with van der Waals surface area (Å²) < 4.78 is 0. The highest BCUT2D eigenvalue weighted by molar-refractivity contribution is 5.81. The molecule has 0 bridgehead atoms. The van der Waals surface area contributed by atoms with Gasteiger partial charge in [-0.05, 0) is 74.0 Å². The lowest BCUT2D eigenvalue weighted by Crippen LogP contribution is -2.26. The van der Waals surface area contributed by atoms with E-state index in [0.29, 0.717) is 11.8 Å². The molecule has 35 heavy (non-hydrogen) atoms. The predicted molar refractivity (Wildman–Crippen MR) is 152 cm³/mol. The lowest BCUT2D eigenvalue weighted by atomic mass is 9.66. The molecule has 0 saturated heterocycles. The monoisotopic (exact) mass is 466 g/mol. The Hall–Kier alpha value is -2.08. The van der Waals surface area contributed by atoms with Crippen LogP contribution in [0.25, 0.3) is 11.1 Å². The van der Waals surface area contributed by atoms with Crippen LogP contribution >= 0.6 is 0 Å². The van der Waals surface area contributed by atoms with Gasteiger partial charge in [-0.25, -0.2) is 0 Å². The van der Waals surface area contributed by atoms with E-state index in [1.54, 1.807) is 27.8 Å². The molecular formula is C35H46. The molecule has 5 rings (SSSR count). The first-order valence-corrected chi connectivity index (χ1v) is 13.8. The second-order valence-corrected chi connectivity index (χ2v) is 15.1. The molecule has 2 aromatic carbocycles. The smallest absolute Gasteiger partial charge is 0.0196 e. The topological polar surface area (TPSA) is 0 Å². The van der Waals surface area contributed by atoms with Gasteiger partial charge in [0.1, 0.15) is 0 Å². The molecule has 0 amide bonds. The van der Waals surface area contributed by atoms with Gasteiger partial charge in [-0.2, -0.15) is 0 Å². The molecule has 0 radical (unpaired) electrons. The van der Waals surface area contributed by atoms with E-state index in [2.05, 4.69) is 119 Å². The van der Waals surface area contributed by atoms with Crippen molar-refractivity contribution in [2.75, 3.05) is 0 Å². The van der Waals surface area contributed by atoms with Crippen molar-refractivity contribution < 1.29 is 0 Å². The molecule has 3 aliphatic rings. The van der Waals surface area contributed by atoms with E-state index in [0.717, 1.165) is 0 Å². The van der Waals surface area contributed by atoms with Gasteiger partial charge in [0, 0.05) is 11.3 Å². The van der Waals surface area contributed by atoms with Gasteiger partial charge in [0.05, 0.1) is 0 Å². The fraction of sp³-hybridized carbons (Fsp3) is 0.543. The molecule has 0 aliphatic heterocycles. The van der Waals surface area contributed by atoms with E-state index >= 15 is 0 Å². The summed E-state index contributed by atoms with van der Waals surface area (Å²) in [5.74, 6) is 1.07. The molecule has 3 aliphatic carbocycles. The highest BCUT2D eigenvalue weighted by atomic mass is 14.5. The van der Waals surface area contributed by atoms with Crippen molar-refractivity contribution in [3.63, 3.8) is 0 Å². The Balaban J connectivity index is 1.73. The minimum absolute atomic E-state index is 0.133. The van der Waals surface area contributed by atoms with Crippen LogP contribution in [0.15, 0.2) is 59.2 Å². The van der Waals surface area contributed by atoms with Crippen molar-refractivity contribution in [3.05, 3.63) is 81.4 Å². The van der Waals surface area contributed by atoms with Crippen LogP contribution in [-0.2, 0) is 10.8 Å². The van der Waals surface area contributed by atoms with Gasteiger partial charge in [-0.1, -0.05) is 130 Å². The van der Waals surface area contributed by atoms with Gasteiger partial charge in [-0.15, -0.1) is 0 Å². The lowest BCUT2D eigenvalue weighted by Gasteiger charge is -2.36. The largest absolute Gasteiger partial charge is 0.0605 e. The van der Waals surface area contributed by atoms with Crippen LogP contribution in [0.3, 0.4) is 0 Å². The molecule has 0 spiro atoms. The van der Waals surface area contributed by atoms with Crippen molar-refractivity contribution >= 4 is 0 Å². The van der Waals surface area contributed by atoms with E-state index in [9.17, 15) is 0 Å². The van der Waals surface area contributed by atoms with Crippen LogP contribution in [0, 0.1) is 16.7 Å². The van der Waals surface area contributed by atoms with Gasteiger partial charge in [0.15, 0.2) is 0 Å². The minimum atomic E-state index is 0.133. The zero-order valence-electron chi connectivity index (χ0n) is 24.1. The summed E-state index contributed by atoms with van der Waals surface area (Å²) in [6.07, 6.45) is 5.04. The molecule has 186 valence electrons. The summed E-state index contributed by atoms with van der Waals surface area (Å²) in [5, 5.41) is 0.